The monoisotopic (exact) mass is 433 g/mol. The van der Waals surface area contributed by atoms with E-state index in [0.717, 1.165) is 77.4 Å². The number of hydrogen-bond acceptors (Lipinski definition) is 7. The molecule has 32 heavy (non-hydrogen) atoms. The van der Waals surface area contributed by atoms with Crippen LogP contribution in [0.2, 0.25) is 0 Å². The zero-order chi connectivity index (χ0) is 22.4. The summed E-state index contributed by atoms with van der Waals surface area (Å²) in [5, 5.41) is 14.9. The number of aliphatic hydroxyl groups is 1. The molecule has 1 aromatic carbocycles. The second kappa shape index (κ2) is 8.20. The third-order valence-electron chi connectivity index (χ3n) is 6.42. The van der Waals surface area contributed by atoms with Crippen LogP contribution in [0.1, 0.15) is 18.2 Å². The first kappa shape index (κ1) is 20.9. The van der Waals surface area contributed by atoms with E-state index >= 15 is 0 Å². The fourth-order valence-corrected chi connectivity index (χ4v) is 4.80. The van der Waals surface area contributed by atoms with Crippen molar-refractivity contribution in [2.24, 2.45) is 0 Å². The summed E-state index contributed by atoms with van der Waals surface area (Å²) in [7, 11) is 7.93. The van der Waals surface area contributed by atoms with Gasteiger partial charge in [0.1, 0.15) is 17.7 Å². The Labute approximate surface area is 188 Å². The number of nitrogens with zero attached hydrogens (tertiary/aromatic N) is 6. The predicted molar refractivity (Wildman–Crippen MR) is 131 cm³/mol. The third-order valence-corrected chi connectivity index (χ3v) is 6.42. The minimum atomic E-state index is -0.850. The van der Waals surface area contributed by atoms with Crippen LogP contribution in [0.4, 0.5) is 11.5 Å². The summed E-state index contributed by atoms with van der Waals surface area (Å²) in [5.41, 5.74) is 5.15. The van der Waals surface area contributed by atoms with Crippen molar-refractivity contribution in [2.75, 3.05) is 64.2 Å². The van der Waals surface area contributed by atoms with Gasteiger partial charge in [0.05, 0.1) is 22.3 Å². The van der Waals surface area contributed by atoms with Crippen molar-refractivity contribution >= 4 is 39.2 Å². The average molecular weight is 434 g/mol. The van der Waals surface area contributed by atoms with Crippen molar-refractivity contribution in [2.45, 2.75) is 12.6 Å². The lowest BCUT2D eigenvalue weighted by atomic mass is 10.1. The van der Waals surface area contributed by atoms with E-state index in [4.69, 9.17) is 9.97 Å². The Bertz CT molecular complexity index is 1280. The molecule has 5 rings (SSSR count). The van der Waals surface area contributed by atoms with Crippen molar-refractivity contribution in [3.8, 4) is 0 Å². The Morgan fingerprint density at radius 3 is 2.59 bits per heavy atom. The van der Waals surface area contributed by atoms with Gasteiger partial charge in [-0.2, -0.15) is 0 Å². The number of para-hydroxylation sites is 2. The first-order valence-electron chi connectivity index (χ1n) is 11.2. The van der Waals surface area contributed by atoms with E-state index in [-0.39, 0.29) is 0 Å². The molecule has 0 bridgehead atoms. The lowest BCUT2D eigenvalue weighted by Crippen LogP contribution is -2.29. The van der Waals surface area contributed by atoms with Crippen LogP contribution in [0.3, 0.4) is 0 Å². The van der Waals surface area contributed by atoms with Gasteiger partial charge in [-0.1, -0.05) is 12.1 Å². The van der Waals surface area contributed by atoms with Crippen molar-refractivity contribution in [3.63, 3.8) is 0 Å². The molecule has 4 aromatic rings. The van der Waals surface area contributed by atoms with Crippen LogP contribution in [0.5, 0.6) is 0 Å². The highest BCUT2D eigenvalue weighted by molar-refractivity contribution is 6.00. The first-order valence-corrected chi connectivity index (χ1v) is 11.2. The van der Waals surface area contributed by atoms with Crippen LogP contribution in [0.25, 0.3) is 27.7 Å². The maximum Gasteiger partial charge on any atom is 0.150 e. The zero-order valence-electron chi connectivity index (χ0n) is 19.2. The molecular formula is C24H31N7O. The topological polar surface area (TPSA) is 72.2 Å². The van der Waals surface area contributed by atoms with Crippen LogP contribution in [-0.2, 0) is 0 Å². The molecule has 1 unspecified atom stereocenters. The normalized spacial score (nSPS) is 16.7. The summed E-state index contributed by atoms with van der Waals surface area (Å²) in [6.07, 6.45) is 0.271. The van der Waals surface area contributed by atoms with E-state index in [1.54, 1.807) is 7.05 Å². The highest BCUT2D eigenvalue weighted by atomic mass is 16.3. The second-order valence-electron chi connectivity index (χ2n) is 8.79. The molecule has 1 fully saturated rings. The first-order chi connectivity index (χ1) is 15.5. The van der Waals surface area contributed by atoms with Gasteiger partial charge in [-0.15, -0.1) is 0 Å². The molecule has 0 spiro atoms. The van der Waals surface area contributed by atoms with Crippen LogP contribution < -0.4 is 15.1 Å². The van der Waals surface area contributed by atoms with Crippen molar-refractivity contribution in [1.29, 1.82) is 0 Å². The van der Waals surface area contributed by atoms with Gasteiger partial charge in [0, 0.05) is 39.1 Å². The summed E-state index contributed by atoms with van der Waals surface area (Å²) in [5.74, 6) is 0.985. The lowest BCUT2D eigenvalue weighted by Gasteiger charge is -2.26. The van der Waals surface area contributed by atoms with Crippen LogP contribution in [-0.4, -0.2) is 78.7 Å². The molecular weight excluding hydrogens is 402 g/mol. The van der Waals surface area contributed by atoms with Gasteiger partial charge in [0.15, 0.2) is 5.65 Å². The Hall–Kier alpha value is -2.94. The SMILES string of the molecule is CNC(O)c1c(N(C)C)c2ccc(N3CCCN(C)CC3)nc2n2c1nc1ccccc12. The van der Waals surface area contributed by atoms with Crippen molar-refractivity contribution in [1.82, 2.24) is 24.6 Å². The van der Waals surface area contributed by atoms with E-state index in [1.807, 2.05) is 37.2 Å². The van der Waals surface area contributed by atoms with Crippen LogP contribution in [0.15, 0.2) is 36.4 Å². The van der Waals surface area contributed by atoms with Gasteiger partial charge < -0.3 is 19.8 Å². The number of likely N-dealkylation sites (N-methyl/N-ethyl adjacent to an activating group) is 1. The van der Waals surface area contributed by atoms with Gasteiger partial charge >= 0.3 is 0 Å². The number of fused-ring (bicyclic) bond motifs is 5. The molecule has 0 saturated carbocycles. The Kier molecular flexibility index (Phi) is 5.36. The number of aliphatic hydroxyl groups excluding tert-OH is 1. The van der Waals surface area contributed by atoms with Crippen molar-refractivity contribution < 1.29 is 5.11 Å². The Balaban J connectivity index is 1.84. The molecule has 8 nitrogen and oxygen atoms in total. The minimum absolute atomic E-state index is 0.726. The van der Waals surface area contributed by atoms with Gasteiger partial charge in [0.25, 0.3) is 0 Å². The molecule has 4 heterocycles. The molecule has 3 aromatic heterocycles. The number of anilines is 2. The molecule has 0 amide bonds. The summed E-state index contributed by atoms with van der Waals surface area (Å²) in [4.78, 5) is 16.9. The molecule has 2 N–H and O–H groups in total. The largest absolute Gasteiger partial charge is 0.377 e. The maximum atomic E-state index is 10.9. The number of pyridine rings is 2. The number of nitrogens with one attached hydrogen (secondary N) is 1. The number of hydrogen-bond donors (Lipinski definition) is 2. The van der Waals surface area contributed by atoms with E-state index in [9.17, 15) is 5.11 Å². The number of aromatic nitrogens is 3. The van der Waals surface area contributed by atoms with E-state index in [0.29, 0.717) is 0 Å². The molecule has 0 radical (unpaired) electrons. The van der Waals surface area contributed by atoms with E-state index in [1.165, 1.54) is 0 Å². The highest BCUT2D eigenvalue weighted by Gasteiger charge is 2.25. The lowest BCUT2D eigenvalue weighted by molar-refractivity contribution is 0.151. The van der Waals surface area contributed by atoms with Gasteiger partial charge in [0.2, 0.25) is 0 Å². The standard InChI is InChI=1S/C24H31N7O/c1-25-24(32)20-21(28(2)3)16-10-11-19(30-13-7-12-29(4)14-15-30)27-22(16)31-18-9-6-5-8-17(18)26-23(20)31/h5-6,8-11,24-25,32H,7,12-15H2,1-4H3. The minimum Gasteiger partial charge on any atom is -0.377 e. The molecule has 1 atom stereocenters. The van der Waals surface area contributed by atoms with Gasteiger partial charge in [-0.25, -0.2) is 9.97 Å². The zero-order valence-corrected chi connectivity index (χ0v) is 19.2. The summed E-state index contributed by atoms with van der Waals surface area (Å²) in [6.45, 7) is 4.09. The molecule has 1 aliphatic heterocycles. The molecule has 1 saturated heterocycles. The molecule has 0 aliphatic carbocycles. The summed E-state index contributed by atoms with van der Waals surface area (Å²) < 4.78 is 2.10. The fraction of sp³-hybridized carbons (Fsp3) is 0.417. The quantitative estimate of drug-likeness (QED) is 0.479. The molecule has 8 heteroatoms. The second-order valence-corrected chi connectivity index (χ2v) is 8.79. The van der Waals surface area contributed by atoms with Crippen molar-refractivity contribution in [3.05, 3.63) is 42.0 Å². The van der Waals surface area contributed by atoms with E-state index in [2.05, 4.69) is 44.8 Å². The predicted octanol–water partition coefficient (Wildman–Crippen LogP) is 2.45. The number of benzene rings is 1. The summed E-state index contributed by atoms with van der Waals surface area (Å²) >= 11 is 0. The van der Waals surface area contributed by atoms with Gasteiger partial charge in [-0.3, -0.25) is 9.72 Å². The number of imidazole rings is 1. The van der Waals surface area contributed by atoms with E-state index < -0.39 is 6.23 Å². The maximum absolute atomic E-state index is 10.9. The average Bonchev–Trinajstić information content (AvgIpc) is 3.05. The van der Waals surface area contributed by atoms with Crippen LogP contribution in [0, 0.1) is 0 Å². The Morgan fingerprint density at radius 1 is 1.00 bits per heavy atom. The third kappa shape index (κ3) is 3.35. The van der Waals surface area contributed by atoms with Gasteiger partial charge in [-0.05, 0) is 51.3 Å². The molecule has 1 aliphatic rings. The summed E-state index contributed by atoms with van der Waals surface area (Å²) in [6, 6.07) is 12.3. The number of rotatable bonds is 4. The highest BCUT2D eigenvalue weighted by Crippen LogP contribution is 2.38. The Morgan fingerprint density at radius 2 is 1.81 bits per heavy atom. The van der Waals surface area contributed by atoms with Crippen LogP contribution >= 0.6 is 0 Å². The smallest absolute Gasteiger partial charge is 0.150 e. The fourth-order valence-electron chi connectivity index (χ4n) is 4.80. The molecule has 168 valence electrons.